The van der Waals surface area contributed by atoms with Gasteiger partial charge in [-0.25, -0.2) is 9.97 Å². The van der Waals surface area contributed by atoms with Crippen LogP contribution >= 0.6 is 0 Å². The number of nitrogens with one attached hydrogen (secondary N) is 1. The largest absolute Gasteiger partial charge is 0.493 e. The van der Waals surface area contributed by atoms with E-state index in [1.165, 1.54) is 38.7 Å². The van der Waals surface area contributed by atoms with Gasteiger partial charge in [-0.2, -0.15) is 5.26 Å². The minimum Gasteiger partial charge on any atom is -0.493 e. The SMILES string of the molecule is COc1cc2c(Nc3ccc(C#N)cc3)ncnc2cc1OCCCN1CCCCC1. The van der Waals surface area contributed by atoms with E-state index >= 15 is 0 Å². The summed E-state index contributed by atoms with van der Waals surface area (Å²) in [5.41, 5.74) is 2.23. The zero-order chi connectivity index (χ0) is 21.5. The lowest BCUT2D eigenvalue weighted by atomic mass is 10.1. The van der Waals surface area contributed by atoms with Crippen LogP contribution in [0.5, 0.6) is 11.5 Å². The molecule has 4 rings (SSSR count). The summed E-state index contributed by atoms with van der Waals surface area (Å²) in [7, 11) is 1.64. The van der Waals surface area contributed by atoms with E-state index in [2.05, 4.69) is 26.3 Å². The van der Waals surface area contributed by atoms with Crippen molar-refractivity contribution in [3.8, 4) is 17.6 Å². The molecule has 160 valence electrons. The Labute approximate surface area is 182 Å². The summed E-state index contributed by atoms with van der Waals surface area (Å²) in [5.74, 6) is 2.02. The van der Waals surface area contributed by atoms with Crippen molar-refractivity contribution in [1.82, 2.24) is 14.9 Å². The molecule has 1 fully saturated rings. The third-order valence-corrected chi connectivity index (χ3v) is 5.52. The van der Waals surface area contributed by atoms with Crippen molar-refractivity contribution in [2.75, 3.05) is 38.7 Å². The molecule has 0 amide bonds. The summed E-state index contributed by atoms with van der Waals surface area (Å²) in [4.78, 5) is 11.3. The van der Waals surface area contributed by atoms with Crippen LogP contribution in [0.2, 0.25) is 0 Å². The fraction of sp³-hybridized carbons (Fsp3) is 0.375. The van der Waals surface area contributed by atoms with Gasteiger partial charge in [0.15, 0.2) is 11.5 Å². The molecular formula is C24H27N5O2. The van der Waals surface area contributed by atoms with Gasteiger partial charge in [-0.15, -0.1) is 0 Å². The summed E-state index contributed by atoms with van der Waals surface area (Å²) in [5, 5.41) is 13.1. The molecule has 0 bridgehead atoms. The summed E-state index contributed by atoms with van der Waals surface area (Å²) >= 11 is 0. The molecule has 1 aliphatic heterocycles. The van der Waals surface area contributed by atoms with Crippen LogP contribution in [0.25, 0.3) is 10.9 Å². The Morgan fingerprint density at radius 2 is 1.87 bits per heavy atom. The number of anilines is 2. The summed E-state index contributed by atoms with van der Waals surface area (Å²) in [6.45, 7) is 4.10. The number of likely N-dealkylation sites (tertiary alicyclic amines) is 1. The number of ether oxygens (including phenoxy) is 2. The summed E-state index contributed by atoms with van der Waals surface area (Å²) < 4.78 is 11.6. The number of nitriles is 1. The normalized spacial score (nSPS) is 14.2. The number of methoxy groups -OCH3 is 1. The van der Waals surface area contributed by atoms with Crippen LogP contribution in [0.3, 0.4) is 0 Å². The van der Waals surface area contributed by atoms with Crippen LogP contribution in [0, 0.1) is 11.3 Å². The van der Waals surface area contributed by atoms with E-state index in [1.54, 1.807) is 19.2 Å². The van der Waals surface area contributed by atoms with Crippen molar-refractivity contribution in [1.29, 1.82) is 5.26 Å². The minimum atomic E-state index is 0.613. The average Bonchev–Trinajstić information content (AvgIpc) is 2.82. The van der Waals surface area contributed by atoms with Gasteiger partial charge in [0.05, 0.1) is 30.9 Å². The third kappa shape index (κ3) is 5.22. The van der Waals surface area contributed by atoms with Crippen molar-refractivity contribution < 1.29 is 9.47 Å². The molecule has 0 spiro atoms. The summed E-state index contributed by atoms with van der Waals surface area (Å²) in [6.07, 6.45) is 6.47. The van der Waals surface area contributed by atoms with Crippen molar-refractivity contribution in [3.05, 3.63) is 48.3 Å². The second-order valence-corrected chi connectivity index (χ2v) is 7.66. The zero-order valence-corrected chi connectivity index (χ0v) is 17.8. The van der Waals surface area contributed by atoms with Gasteiger partial charge < -0.3 is 19.7 Å². The van der Waals surface area contributed by atoms with Gasteiger partial charge in [-0.3, -0.25) is 0 Å². The highest BCUT2D eigenvalue weighted by Gasteiger charge is 2.13. The van der Waals surface area contributed by atoms with Gasteiger partial charge in [-0.05, 0) is 62.7 Å². The molecule has 0 unspecified atom stereocenters. The molecular weight excluding hydrogens is 390 g/mol. The second-order valence-electron chi connectivity index (χ2n) is 7.66. The van der Waals surface area contributed by atoms with E-state index in [0.29, 0.717) is 29.5 Å². The van der Waals surface area contributed by atoms with Gasteiger partial charge in [0.1, 0.15) is 12.1 Å². The van der Waals surface area contributed by atoms with Gasteiger partial charge >= 0.3 is 0 Å². The first kappa shape index (κ1) is 20.9. The topological polar surface area (TPSA) is 83.3 Å². The number of hydrogen-bond acceptors (Lipinski definition) is 7. The van der Waals surface area contributed by atoms with E-state index in [1.807, 2.05) is 24.3 Å². The highest BCUT2D eigenvalue weighted by molar-refractivity contribution is 5.93. The van der Waals surface area contributed by atoms with E-state index in [4.69, 9.17) is 14.7 Å². The molecule has 1 saturated heterocycles. The zero-order valence-electron chi connectivity index (χ0n) is 17.8. The standard InChI is InChI=1S/C24H27N5O2/c1-30-22-14-20-21(15-23(22)31-13-5-12-29-10-3-2-4-11-29)26-17-27-24(20)28-19-8-6-18(16-25)7-9-19/h6-9,14-15,17H,2-5,10-13H2,1H3,(H,26,27,28). The van der Waals surface area contributed by atoms with E-state index in [0.717, 1.165) is 29.6 Å². The van der Waals surface area contributed by atoms with Crippen LogP contribution in [0.15, 0.2) is 42.7 Å². The Hall–Kier alpha value is -3.37. The fourth-order valence-corrected chi connectivity index (χ4v) is 3.85. The van der Waals surface area contributed by atoms with E-state index < -0.39 is 0 Å². The van der Waals surface area contributed by atoms with Gasteiger partial charge in [0.25, 0.3) is 0 Å². The first-order valence-electron chi connectivity index (χ1n) is 10.7. The summed E-state index contributed by atoms with van der Waals surface area (Å²) in [6, 6.07) is 13.2. The number of fused-ring (bicyclic) bond motifs is 1. The third-order valence-electron chi connectivity index (χ3n) is 5.52. The van der Waals surface area contributed by atoms with E-state index in [9.17, 15) is 0 Å². The van der Waals surface area contributed by atoms with Crippen LogP contribution in [-0.2, 0) is 0 Å². The maximum atomic E-state index is 8.97. The quantitative estimate of drug-likeness (QED) is 0.540. The number of nitrogens with zero attached hydrogens (tertiary/aromatic N) is 4. The first-order valence-corrected chi connectivity index (χ1v) is 10.7. The minimum absolute atomic E-state index is 0.613. The average molecular weight is 418 g/mol. The number of piperidine rings is 1. The van der Waals surface area contributed by atoms with E-state index in [-0.39, 0.29) is 0 Å². The number of hydrogen-bond donors (Lipinski definition) is 1. The van der Waals surface area contributed by atoms with Crippen LogP contribution in [-0.4, -0.2) is 48.2 Å². The predicted molar refractivity (Wildman–Crippen MR) is 121 cm³/mol. The molecule has 0 saturated carbocycles. The highest BCUT2D eigenvalue weighted by atomic mass is 16.5. The number of aromatic nitrogens is 2. The molecule has 2 heterocycles. The number of rotatable bonds is 8. The lowest BCUT2D eigenvalue weighted by Crippen LogP contribution is -2.31. The monoisotopic (exact) mass is 417 g/mol. The van der Waals surface area contributed by atoms with Crippen molar-refractivity contribution in [2.45, 2.75) is 25.7 Å². The van der Waals surface area contributed by atoms with Crippen LogP contribution < -0.4 is 14.8 Å². The van der Waals surface area contributed by atoms with Crippen LogP contribution in [0.1, 0.15) is 31.2 Å². The fourth-order valence-electron chi connectivity index (χ4n) is 3.85. The molecule has 3 aromatic rings. The van der Waals surface area contributed by atoms with Gasteiger partial charge in [-0.1, -0.05) is 6.42 Å². The molecule has 2 aromatic carbocycles. The smallest absolute Gasteiger partial charge is 0.163 e. The lowest BCUT2D eigenvalue weighted by molar-refractivity contribution is 0.203. The van der Waals surface area contributed by atoms with Crippen LogP contribution in [0.4, 0.5) is 11.5 Å². The molecule has 31 heavy (non-hydrogen) atoms. The van der Waals surface area contributed by atoms with Gasteiger partial charge in [0, 0.05) is 23.7 Å². The molecule has 1 aliphatic rings. The van der Waals surface area contributed by atoms with Crippen molar-refractivity contribution >= 4 is 22.4 Å². The Morgan fingerprint density at radius 3 is 2.61 bits per heavy atom. The Morgan fingerprint density at radius 1 is 1.06 bits per heavy atom. The maximum absolute atomic E-state index is 8.97. The Balaban J connectivity index is 1.47. The molecule has 0 atom stereocenters. The Kier molecular flexibility index (Phi) is 6.80. The molecule has 1 N–H and O–H groups in total. The lowest BCUT2D eigenvalue weighted by Gasteiger charge is -2.26. The molecule has 7 heteroatoms. The maximum Gasteiger partial charge on any atom is 0.163 e. The highest BCUT2D eigenvalue weighted by Crippen LogP contribution is 2.34. The molecule has 7 nitrogen and oxygen atoms in total. The molecule has 0 radical (unpaired) electrons. The number of benzene rings is 2. The predicted octanol–water partition coefficient (Wildman–Crippen LogP) is 4.51. The van der Waals surface area contributed by atoms with Crippen molar-refractivity contribution in [2.24, 2.45) is 0 Å². The Bertz CT molecular complexity index is 1060. The molecule has 0 aliphatic carbocycles. The van der Waals surface area contributed by atoms with Gasteiger partial charge in [0.2, 0.25) is 0 Å². The van der Waals surface area contributed by atoms with Crippen molar-refractivity contribution in [3.63, 3.8) is 0 Å². The second kappa shape index (κ2) is 10.1. The first-order chi connectivity index (χ1) is 15.3. The molecule has 1 aromatic heterocycles.